The third-order valence-corrected chi connectivity index (χ3v) is 12.6. The molecule has 0 bridgehead atoms. The number of aromatic nitrogens is 4. The molecule has 0 saturated carbocycles. The van der Waals surface area contributed by atoms with Crippen LogP contribution in [0.1, 0.15) is 83.2 Å². The van der Waals surface area contributed by atoms with E-state index in [9.17, 15) is 19.5 Å². The zero-order chi connectivity index (χ0) is 42.9. The van der Waals surface area contributed by atoms with Gasteiger partial charge in [0.05, 0.1) is 36.4 Å². The number of benzene rings is 3. The number of likely N-dealkylation sites (N-methyl/N-ethyl adjacent to an activating group) is 1. The van der Waals surface area contributed by atoms with Gasteiger partial charge in [-0.3, -0.25) is 14.5 Å². The molecule has 5 atom stereocenters. The van der Waals surface area contributed by atoms with E-state index in [0.717, 1.165) is 62.8 Å². The van der Waals surface area contributed by atoms with Crippen LogP contribution in [-0.2, 0) is 19.9 Å². The second kappa shape index (κ2) is 17.1. The summed E-state index contributed by atoms with van der Waals surface area (Å²) in [5.74, 6) is 1.04. The normalized spacial score (nSPS) is 20.4. The van der Waals surface area contributed by atoms with Gasteiger partial charge < -0.3 is 35.3 Å². The summed E-state index contributed by atoms with van der Waals surface area (Å²) in [6, 6.07) is 24.3. The van der Waals surface area contributed by atoms with Gasteiger partial charge in [0.1, 0.15) is 29.3 Å². The first kappa shape index (κ1) is 42.3. The van der Waals surface area contributed by atoms with E-state index < -0.39 is 29.1 Å². The SMILES string of the molecule is COC[C@@H]1CN(C(=O)[C@H](N)c2ccccc2)[C@](c2ncc(-c3ccc(-c4ccc(-c5cnc([C@@H]6CCCN6C(=O)[C@H](C(C)C)N(C)C(=O)O)[nH]5)cc4)cc3)[nH]2)(C(C)(C)C)C1. The summed E-state index contributed by atoms with van der Waals surface area (Å²) in [7, 11) is 3.15. The van der Waals surface area contributed by atoms with Crippen molar-refractivity contribution >= 4 is 17.9 Å². The molecule has 2 aliphatic heterocycles. The number of likely N-dealkylation sites (tertiary alicyclic amines) is 2. The molecule has 13 heteroatoms. The number of hydrogen-bond acceptors (Lipinski definition) is 7. The largest absolute Gasteiger partial charge is 0.465 e. The van der Waals surface area contributed by atoms with Crippen molar-refractivity contribution < 1.29 is 24.2 Å². The van der Waals surface area contributed by atoms with Crippen LogP contribution in [0.3, 0.4) is 0 Å². The molecule has 7 rings (SSSR count). The van der Waals surface area contributed by atoms with Gasteiger partial charge in [0.25, 0.3) is 0 Å². The van der Waals surface area contributed by atoms with Gasteiger partial charge in [-0.1, -0.05) is 113 Å². The van der Waals surface area contributed by atoms with Gasteiger partial charge in [-0.2, -0.15) is 0 Å². The van der Waals surface area contributed by atoms with Crippen molar-refractivity contribution in [2.24, 2.45) is 23.0 Å². The van der Waals surface area contributed by atoms with Crippen LogP contribution in [0.2, 0.25) is 0 Å². The molecule has 2 saturated heterocycles. The highest BCUT2D eigenvalue weighted by atomic mass is 16.5. The van der Waals surface area contributed by atoms with Crippen molar-refractivity contribution in [3.8, 4) is 33.6 Å². The predicted molar refractivity (Wildman–Crippen MR) is 231 cm³/mol. The van der Waals surface area contributed by atoms with Gasteiger partial charge in [0.15, 0.2) is 0 Å². The molecule has 0 spiro atoms. The van der Waals surface area contributed by atoms with Gasteiger partial charge >= 0.3 is 6.09 Å². The summed E-state index contributed by atoms with van der Waals surface area (Å²) in [5.41, 5.74) is 12.0. The average Bonchev–Trinajstić information content (AvgIpc) is 4.07. The summed E-state index contributed by atoms with van der Waals surface area (Å²) < 4.78 is 5.62. The van der Waals surface area contributed by atoms with Crippen LogP contribution in [0, 0.1) is 17.3 Å². The minimum Gasteiger partial charge on any atom is -0.465 e. The molecule has 2 aliphatic rings. The van der Waals surface area contributed by atoms with E-state index in [0.29, 0.717) is 31.9 Å². The molecule has 2 aromatic heterocycles. The second-order valence-corrected chi connectivity index (χ2v) is 17.7. The molecule has 13 nitrogen and oxygen atoms in total. The van der Waals surface area contributed by atoms with E-state index in [2.05, 4.69) is 84.3 Å². The number of H-pyrrole nitrogens is 2. The fourth-order valence-corrected chi connectivity index (χ4v) is 9.41. The van der Waals surface area contributed by atoms with Crippen molar-refractivity contribution in [2.75, 3.05) is 33.9 Å². The maximum Gasteiger partial charge on any atom is 0.407 e. The molecule has 5 N–H and O–H groups in total. The molecule has 60 heavy (non-hydrogen) atoms. The Balaban J connectivity index is 1.08. The molecule has 0 unspecified atom stereocenters. The first-order chi connectivity index (χ1) is 28.6. The van der Waals surface area contributed by atoms with E-state index in [1.54, 1.807) is 18.2 Å². The minimum absolute atomic E-state index is 0.112. The highest BCUT2D eigenvalue weighted by molar-refractivity contribution is 5.86. The zero-order valence-corrected chi connectivity index (χ0v) is 35.7. The lowest BCUT2D eigenvalue weighted by atomic mass is 9.70. The highest BCUT2D eigenvalue weighted by Crippen LogP contribution is 2.53. The van der Waals surface area contributed by atoms with Crippen LogP contribution < -0.4 is 5.73 Å². The van der Waals surface area contributed by atoms with Crippen LogP contribution in [0.4, 0.5) is 4.79 Å². The molecule has 3 aromatic carbocycles. The smallest absolute Gasteiger partial charge is 0.407 e. The number of carboxylic acid groups (broad SMARTS) is 1. The molecule has 2 fully saturated rings. The maximum atomic E-state index is 14.3. The number of rotatable bonds is 12. The fraction of sp³-hybridized carbons (Fsp3) is 0.426. The number of nitrogens with two attached hydrogens (primary N) is 1. The monoisotopic (exact) mass is 814 g/mol. The molecular formula is C47H58N8O5. The van der Waals surface area contributed by atoms with Gasteiger partial charge in [0, 0.05) is 33.2 Å². The Kier molecular flexibility index (Phi) is 12.0. The Hall–Kier alpha value is -5.79. The Morgan fingerprint density at radius 2 is 1.48 bits per heavy atom. The lowest BCUT2D eigenvalue weighted by molar-refractivity contribution is -0.142. The molecule has 3 amide bonds. The van der Waals surface area contributed by atoms with Crippen LogP contribution in [-0.4, -0.2) is 97.5 Å². The van der Waals surface area contributed by atoms with Crippen molar-refractivity contribution in [2.45, 2.75) is 77.5 Å². The van der Waals surface area contributed by atoms with Crippen molar-refractivity contribution in [1.29, 1.82) is 0 Å². The fourth-order valence-electron chi connectivity index (χ4n) is 9.41. The number of amides is 3. The van der Waals surface area contributed by atoms with Gasteiger partial charge in [0.2, 0.25) is 11.8 Å². The third kappa shape index (κ3) is 7.95. The van der Waals surface area contributed by atoms with E-state index in [4.69, 9.17) is 15.5 Å². The Bertz CT molecular complexity index is 2280. The number of carbonyl (C=O) groups excluding carboxylic acids is 2. The number of nitrogens with zero attached hydrogens (tertiary/aromatic N) is 5. The predicted octanol–water partition coefficient (Wildman–Crippen LogP) is 7.87. The number of nitrogens with one attached hydrogen (secondary N) is 2. The first-order valence-electron chi connectivity index (χ1n) is 20.8. The lowest BCUT2D eigenvalue weighted by Crippen LogP contribution is -2.55. The van der Waals surface area contributed by atoms with E-state index in [1.807, 2.05) is 55.3 Å². The van der Waals surface area contributed by atoms with E-state index in [1.165, 1.54) is 7.05 Å². The average molecular weight is 815 g/mol. The van der Waals surface area contributed by atoms with Gasteiger partial charge in [-0.15, -0.1) is 0 Å². The van der Waals surface area contributed by atoms with Crippen LogP contribution in [0.5, 0.6) is 0 Å². The molecule has 4 heterocycles. The number of imidazole rings is 2. The topological polar surface area (TPSA) is 174 Å². The quantitative estimate of drug-likeness (QED) is 0.0985. The van der Waals surface area contributed by atoms with Crippen molar-refractivity contribution in [1.82, 2.24) is 34.6 Å². The Morgan fingerprint density at radius 3 is 2.05 bits per heavy atom. The summed E-state index contributed by atoms with van der Waals surface area (Å²) in [5, 5.41) is 9.62. The van der Waals surface area contributed by atoms with Crippen LogP contribution in [0.25, 0.3) is 33.6 Å². The number of aromatic amines is 2. The maximum absolute atomic E-state index is 14.3. The standard InChI is InChI=1S/C47H58N8O5/c1-29(2)40(53(6)45(58)59)43(57)54-23-11-14-38(54)41-49-25-36(51-41)33-19-15-31(16-20-33)32-17-21-34(22-18-32)37-26-50-44(52-37)47(46(3,4)5)24-30(28-60-7)27-55(47)42(56)39(48)35-12-9-8-10-13-35/h8-10,12-13,15-22,25-26,29-30,38-40H,11,14,23-24,27-28,48H2,1-7H3,(H,49,51)(H,50,52)(H,58,59)/t30-,38-,39+,40-,47+/m0/s1. The van der Waals surface area contributed by atoms with Gasteiger partial charge in [-0.05, 0) is 58.4 Å². The lowest BCUT2D eigenvalue weighted by Gasteiger charge is -2.47. The Morgan fingerprint density at radius 1 is 0.900 bits per heavy atom. The summed E-state index contributed by atoms with van der Waals surface area (Å²) in [6.45, 7) is 11.8. The van der Waals surface area contributed by atoms with Gasteiger partial charge in [-0.25, -0.2) is 14.8 Å². The Labute approximate surface area is 352 Å². The van der Waals surface area contributed by atoms with E-state index >= 15 is 0 Å². The molecule has 5 aromatic rings. The number of carbonyl (C=O) groups is 3. The molecule has 0 radical (unpaired) electrons. The molecular weight excluding hydrogens is 757 g/mol. The summed E-state index contributed by atoms with van der Waals surface area (Å²) >= 11 is 0. The number of ether oxygens (including phenoxy) is 1. The second-order valence-electron chi connectivity index (χ2n) is 17.7. The molecule has 0 aliphatic carbocycles. The zero-order valence-electron chi connectivity index (χ0n) is 35.7. The van der Waals surface area contributed by atoms with Crippen LogP contribution >= 0.6 is 0 Å². The number of methoxy groups -OCH3 is 1. The number of hydrogen-bond donors (Lipinski definition) is 4. The summed E-state index contributed by atoms with van der Waals surface area (Å²) in [6.07, 6.45) is 4.78. The van der Waals surface area contributed by atoms with E-state index in [-0.39, 0.29) is 29.7 Å². The highest BCUT2D eigenvalue weighted by Gasteiger charge is 2.58. The van der Waals surface area contributed by atoms with Crippen molar-refractivity contribution in [3.63, 3.8) is 0 Å². The molecule has 316 valence electrons. The third-order valence-electron chi connectivity index (χ3n) is 12.6. The van der Waals surface area contributed by atoms with Crippen LogP contribution in [0.15, 0.2) is 91.3 Å². The minimum atomic E-state index is -1.12. The summed E-state index contributed by atoms with van der Waals surface area (Å²) in [4.78, 5) is 61.3. The first-order valence-corrected chi connectivity index (χ1v) is 20.8. The van der Waals surface area contributed by atoms with Crippen molar-refractivity contribution in [3.05, 3.63) is 108 Å².